The van der Waals surface area contributed by atoms with Crippen molar-refractivity contribution >= 4 is 27.9 Å². The van der Waals surface area contributed by atoms with Gasteiger partial charge in [-0.1, -0.05) is 78.9 Å². The lowest BCUT2D eigenvalue weighted by molar-refractivity contribution is 0.174. The highest BCUT2D eigenvalue weighted by Crippen LogP contribution is 2.33. The number of benzene rings is 5. The summed E-state index contributed by atoms with van der Waals surface area (Å²) in [6.07, 6.45) is 1.68. The summed E-state index contributed by atoms with van der Waals surface area (Å²) < 4.78 is 18.6. The van der Waals surface area contributed by atoms with Crippen molar-refractivity contribution in [2.45, 2.75) is 6.61 Å². The Hall–Kier alpha value is -5.43. The van der Waals surface area contributed by atoms with E-state index in [0.29, 0.717) is 34.8 Å². The molecule has 40 heavy (non-hydrogen) atoms. The number of nitrogens with zero attached hydrogens (tertiary/aromatic N) is 3. The molecule has 1 aliphatic rings. The van der Waals surface area contributed by atoms with Crippen LogP contribution < -0.4 is 19.8 Å². The van der Waals surface area contributed by atoms with Gasteiger partial charge in [-0.05, 0) is 46.7 Å². The highest BCUT2D eigenvalue weighted by molar-refractivity contribution is 6.02. The van der Waals surface area contributed by atoms with Crippen LogP contribution in [-0.2, 0) is 6.61 Å². The third-order valence-electron chi connectivity index (χ3n) is 6.85. The van der Waals surface area contributed by atoms with Crippen LogP contribution in [0.2, 0.25) is 0 Å². The van der Waals surface area contributed by atoms with E-state index in [1.54, 1.807) is 12.3 Å². The van der Waals surface area contributed by atoms with Crippen LogP contribution in [-0.4, -0.2) is 22.7 Å². The molecule has 7 nitrogen and oxygen atoms in total. The lowest BCUT2D eigenvalue weighted by atomic mass is 10.0. The van der Waals surface area contributed by atoms with E-state index in [0.717, 1.165) is 33.2 Å². The van der Waals surface area contributed by atoms with Crippen molar-refractivity contribution in [2.75, 3.05) is 6.79 Å². The minimum absolute atomic E-state index is 0.221. The van der Waals surface area contributed by atoms with Gasteiger partial charge in [0, 0.05) is 11.1 Å². The van der Waals surface area contributed by atoms with Crippen molar-refractivity contribution in [3.05, 3.63) is 131 Å². The predicted molar refractivity (Wildman–Crippen MR) is 155 cm³/mol. The van der Waals surface area contributed by atoms with Gasteiger partial charge in [0.2, 0.25) is 6.79 Å². The van der Waals surface area contributed by atoms with Gasteiger partial charge < -0.3 is 14.2 Å². The second-order valence-corrected chi connectivity index (χ2v) is 9.35. The van der Waals surface area contributed by atoms with Crippen LogP contribution >= 0.6 is 0 Å². The summed E-state index contributed by atoms with van der Waals surface area (Å²) in [4.78, 5) is 18.5. The number of ether oxygens (including phenoxy) is 3. The average Bonchev–Trinajstić information content (AvgIpc) is 3.48. The number of hydrogen-bond donors (Lipinski definition) is 0. The summed E-state index contributed by atoms with van der Waals surface area (Å²) in [6.45, 7) is 0.543. The molecule has 0 fully saturated rings. The molecule has 2 heterocycles. The zero-order chi connectivity index (χ0) is 26.9. The smallest absolute Gasteiger partial charge is 0.282 e. The Labute approximate surface area is 229 Å². The fourth-order valence-electron chi connectivity index (χ4n) is 4.85. The van der Waals surface area contributed by atoms with Crippen LogP contribution in [0.25, 0.3) is 33.1 Å². The van der Waals surface area contributed by atoms with Gasteiger partial charge in [-0.25, -0.2) is 4.98 Å². The van der Waals surface area contributed by atoms with E-state index in [4.69, 9.17) is 24.3 Å². The van der Waals surface area contributed by atoms with Crippen LogP contribution in [0.3, 0.4) is 0 Å². The van der Waals surface area contributed by atoms with Gasteiger partial charge >= 0.3 is 0 Å². The van der Waals surface area contributed by atoms with Crippen LogP contribution in [0.4, 0.5) is 0 Å². The summed E-state index contributed by atoms with van der Waals surface area (Å²) in [6, 6.07) is 34.6. The average molecular weight is 526 g/mol. The van der Waals surface area contributed by atoms with Crippen molar-refractivity contribution < 1.29 is 14.2 Å². The Morgan fingerprint density at radius 1 is 0.825 bits per heavy atom. The van der Waals surface area contributed by atoms with E-state index in [2.05, 4.69) is 0 Å². The monoisotopic (exact) mass is 525 g/mol. The minimum atomic E-state index is -0.247. The van der Waals surface area contributed by atoms with E-state index in [1.807, 2.05) is 103 Å². The number of para-hydroxylation sites is 1. The highest BCUT2D eigenvalue weighted by atomic mass is 16.7. The summed E-state index contributed by atoms with van der Waals surface area (Å²) in [7, 11) is 0. The molecule has 0 saturated heterocycles. The van der Waals surface area contributed by atoms with Gasteiger partial charge in [-0.2, -0.15) is 9.78 Å². The molecular weight excluding hydrogens is 502 g/mol. The summed E-state index contributed by atoms with van der Waals surface area (Å²) in [5.74, 6) is 2.54. The Morgan fingerprint density at radius 3 is 2.50 bits per heavy atom. The summed E-state index contributed by atoms with van der Waals surface area (Å²) >= 11 is 0. The first kappa shape index (κ1) is 23.7. The largest absolute Gasteiger partial charge is 0.488 e. The number of fused-ring (bicyclic) bond motifs is 3. The molecule has 6 aromatic rings. The molecule has 0 bridgehead atoms. The lowest BCUT2D eigenvalue weighted by Crippen LogP contribution is -2.20. The predicted octanol–water partition coefficient (Wildman–Crippen LogP) is 6.41. The second-order valence-electron chi connectivity index (χ2n) is 9.35. The molecule has 0 spiro atoms. The van der Waals surface area contributed by atoms with Gasteiger partial charge in [0.05, 0.1) is 17.1 Å². The molecule has 0 aliphatic carbocycles. The van der Waals surface area contributed by atoms with Crippen molar-refractivity contribution in [1.29, 1.82) is 0 Å². The molecule has 5 aromatic carbocycles. The molecule has 1 aliphatic heterocycles. The van der Waals surface area contributed by atoms with E-state index >= 15 is 0 Å². The first-order chi connectivity index (χ1) is 19.7. The van der Waals surface area contributed by atoms with Gasteiger partial charge in [-0.15, -0.1) is 0 Å². The van der Waals surface area contributed by atoms with Crippen LogP contribution in [0.15, 0.2) is 119 Å². The molecule has 1 aromatic heterocycles. The normalized spacial score (nSPS) is 12.4. The van der Waals surface area contributed by atoms with Crippen LogP contribution in [0.1, 0.15) is 11.1 Å². The number of aromatic nitrogens is 2. The van der Waals surface area contributed by atoms with Gasteiger partial charge in [0.25, 0.3) is 5.56 Å². The van der Waals surface area contributed by atoms with E-state index in [9.17, 15) is 4.79 Å². The van der Waals surface area contributed by atoms with Crippen LogP contribution in [0, 0.1) is 0 Å². The Balaban J connectivity index is 1.33. The Bertz CT molecular complexity index is 1970. The maximum absolute atomic E-state index is 13.7. The summed E-state index contributed by atoms with van der Waals surface area (Å²) in [5, 5.41) is 7.20. The maximum Gasteiger partial charge on any atom is 0.282 e. The van der Waals surface area contributed by atoms with Gasteiger partial charge in [0.1, 0.15) is 12.4 Å². The fraction of sp³-hybridized carbons (Fsp3) is 0.0606. The van der Waals surface area contributed by atoms with E-state index < -0.39 is 0 Å². The minimum Gasteiger partial charge on any atom is -0.488 e. The van der Waals surface area contributed by atoms with E-state index in [1.165, 1.54) is 4.68 Å². The SMILES string of the molecule is O=c1c2ccccc2nc(-c2ccccc2)n1N=Cc1c(OCc2ccc3c(c2)OCO3)ccc2ccccc12. The fourth-order valence-corrected chi connectivity index (χ4v) is 4.85. The second kappa shape index (κ2) is 10.0. The molecule has 0 amide bonds. The van der Waals surface area contributed by atoms with E-state index in [-0.39, 0.29) is 12.4 Å². The Morgan fingerprint density at radius 2 is 1.60 bits per heavy atom. The first-order valence-electron chi connectivity index (χ1n) is 12.9. The maximum atomic E-state index is 13.7. The topological polar surface area (TPSA) is 74.9 Å². The van der Waals surface area contributed by atoms with Crippen molar-refractivity contribution in [3.63, 3.8) is 0 Å². The molecule has 0 N–H and O–H groups in total. The molecule has 194 valence electrons. The van der Waals surface area contributed by atoms with Gasteiger partial charge in [-0.3, -0.25) is 4.79 Å². The Kier molecular flexibility index (Phi) is 5.94. The van der Waals surface area contributed by atoms with Crippen LogP contribution in [0.5, 0.6) is 17.2 Å². The molecular formula is C33H23N3O4. The molecule has 0 unspecified atom stereocenters. The van der Waals surface area contributed by atoms with Gasteiger partial charge in [0.15, 0.2) is 17.3 Å². The first-order valence-corrected chi connectivity index (χ1v) is 12.9. The van der Waals surface area contributed by atoms with Crippen molar-refractivity contribution in [2.24, 2.45) is 5.10 Å². The zero-order valence-electron chi connectivity index (χ0n) is 21.4. The third-order valence-corrected chi connectivity index (χ3v) is 6.85. The zero-order valence-corrected chi connectivity index (χ0v) is 21.4. The molecule has 7 rings (SSSR count). The van der Waals surface area contributed by atoms with Crippen molar-refractivity contribution in [3.8, 4) is 28.6 Å². The molecule has 0 saturated carbocycles. The van der Waals surface area contributed by atoms with Crippen molar-refractivity contribution in [1.82, 2.24) is 9.66 Å². The molecule has 7 heteroatoms. The molecule has 0 radical (unpaired) electrons. The lowest BCUT2D eigenvalue weighted by Gasteiger charge is -2.13. The third kappa shape index (κ3) is 4.33. The number of rotatable bonds is 6. The summed E-state index contributed by atoms with van der Waals surface area (Å²) in [5.41, 5.74) is 2.87. The highest BCUT2D eigenvalue weighted by Gasteiger charge is 2.15. The standard InChI is InChI=1S/C33H23N3O4/c37-33-26-12-6-7-13-28(26)35-32(24-9-2-1-3-10-24)36(33)34-19-27-25-11-5-4-8-23(25)15-17-29(27)38-20-22-14-16-30-31(18-22)40-21-39-30/h1-19H,20-21H2. The molecule has 0 atom stereocenters. The quantitative estimate of drug-likeness (QED) is 0.235. The number of hydrogen-bond acceptors (Lipinski definition) is 6.